The number of aliphatic hydroxyl groups is 1. The van der Waals surface area contributed by atoms with E-state index in [1.54, 1.807) is 18.2 Å². The van der Waals surface area contributed by atoms with Gasteiger partial charge >= 0.3 is 0 Å². The number of rotatable bonds is 4. The molecular formula is C15H22N2O3. The lowest BCUT2D eigenvalue weighted by molar-refractivity contribution is 0.00526. The third-order valence-corrected chi connectivity index (χ3v) is 3.87. The largest absolute Gasteiger partial charge is 0.497 e. The number of carbonyl (C=O) groups is 1. The van der Waals surface area contributed by atoms with E-state index < -0.39 is 5.60 Å². The summed E-state index contributed by atoms with van der Waals surface area (Å²) in [5.74, 6) is 0.307. The Morgan fingerprint density at radius 2 is 2.10 bits per heavy atom. The fourth-order valence-electron chi connectivity index (χ4n) is 2.59. The SMILES string of the molecule is COc1ccc(N)c(C(=O)NCC2(O)CCCCC2)c1. The summed E-state index contributed by atoms with van der Waals surface area (Å²) in [6, 6.07) is 4.96. The van der Waals surface area contributed by atoms with Crippen molar-refractivity contribution in [3.63, 3.8) is 0 Å². The Bertz CT molecular complexity index is 482. The highest BCUT2D eigenvalue weighted by atomic mass is 16.5. The second-order valence-corrected chi connectivity index (χ2v) is 5.42. The van der Waals surface area contributed by atoms with E-state index in [0.29, 0.717) is 17.0 Å². The molecule has 5 nitrogen and oxygen atoms in total. The predicted octanol–water partition coefficient (Wildman–Crippen LogP) is 1.70. The van der Waals surface area contributed by atoms with Gasteiger partial charge in [-0.3, -0.25) is 4.79 Å². The van der Waals surface area contributed by atoms with E-state index in [1.807, 2.05) is 0 Å². The van der Waals surface area contributed by atoms with Gasteiger partial charge in [-0.15, -0.1) is 0 Å². The van der Waals surface area contributed by atoms with Crippen LogP contribution in [-0.4, -0.2) is 30.3 Å². The summed E-state index contributed by atoms with van der Waals surface area (Å²) in [5.41, 5.74) is 5.81. The van der Waals surface area contributed by atoms with E-state index in [1.165, 1.54) is 7.11 Å². The molecule has 1 aliphatic rings. The molecule has 0 unspecified atom stereocenters. The van der Waals surface area contributed by atoms with Crippen molar-refractivity contribution in [2.24, 2.45) is 0 Å². The topological polar surface area (TPSA) is 84.6 Å². The maximum Gasteiger partial charge on any atom is 0.253 e. The molecule has 0 bridgehead atoms. The fraction of sp³-hybridized carbons (Fsp3) is 0.533. The molecule has 5 heteroatoms. The van der Waals surface area contributed by atoms with Crippen LogP contribution < -0.4 is 15.8 Å². The minimum absolute atomic E-state index is 0.266. The number of nitrogen functional groups attached to an aromatic ring is 1. The van der Waals surface area contributed by atoms with Crippen LogP contribution >= 0.6 is 0 Å². The molecule has 0 atom stereocenters. The Kier molecular flexibility index (Phi) is 4.49. The number of hydrogen-bond acceptors (Lipinski definition) is 4. The number of benzene rings is 1. The molecule has 1 aromatic rings. The van der Waals surface area contributed by atoms with Gasteiger partial charge in [-0.2, -0.15) is 0 Å². The molecule has 1 fully saturated rings. The van der Waals surface area contributed by atoms with Crippen LogP contribution in [0.1, 0.15) is 42.5 Å². The summed E-state index contributed by atoms with van der Waals surface area (Å²) in [4.78, 5) is 12.2. The van der Waals surface area contributed by atoms with E-state index in [9.17, 15) is 9.90 Å². The van der Waals surface area contributed by atoms with Crippen LogP contribution in [0.25, 0.3) is 0 Å². The normalized spacial score (nSPS) is 17.5. The smallest absolute Gasteiger partial charge is 0.253 e. The number of nitrogens with two attached hydrogens (primary N) is 1. The molecule has 1 aromatic carbocycles. The number of nitrogens with one attached hydrogen (secondary N) is 1. The van der Waals surface area contributed by atoms with Gasteiger partial charge in [0.15, 0.2) is 0 Å². The second kappa shape index (κ2) is 6.13. The first-order valence-corrected chi connectivity index (χ1v) is 6.98. The average Bonchev–Trinajstić information content (AvgIpc) is 2.46. The van der Waals surface area contributed by atoms with Gasteiger partial charge in [0.1, 0.15) is 5.75 Å². The highest BCUT2D eigenvalue weighted by Gasteiger charge is 2.29. The fourth-order valence-corrected chi connectivity index (χ4v) is 2.59. The summed E-state index contributed by atoms with van der Waals surface area (Å²) < 4.78 is 5.09. The number of amides is 1. The summed E-state index contributed by atoms with van der Waals surface area (Å²) in [7, 11) is 1.54. The van der Waals surface area contributed by atoms with Crippen LogP contribution in [0.4, 0.5) is 5.69 Å². The highest BCUT2D eigenvalue weighted by molar-refractivity contribution is 5.99. The Labute approximate surface area is 119 Å². The molecule has 0 aromatic heterocycles. The molecule has 1 aliphatic carbocycles. The molecule has 110 valence electrons. The third kappa shape index (κ3) is 3.42. The number of hydrogen-bond donors (Lipinski definition) is 3. The van der Waals surface area contributed by atoms with Crippen LogP contribution in [-0.2, 0) is 0 Å². The van der Waals surface area contributed by atoms with Crippen molar-refractivity contribution in [1.29, 1.82) is 0 Å². The average molecular weight is 278 g/mol. The summed E-state index contributed by atoms with van der Waals surface area (Å²) in [6.45, 7) is 0.266. The molecule has 0 radical (unpaired) electrons. The van der Waals surface area contributed by atoms with Crippen molar-refractivity contribution in [3.8, 4) is 5.75 Å². The van der Waals surface area contributed by atoms with Crippen molar-refractivity contribution < 1.29 is 14.6 Å². The van der Waals surface area contributed by atoms with E-state index in [0.717, 1.165) is 32.1 Å². The molecule has 0 heterocycles. The molecule has 20 heavy (non-hydrogen) atoms. The van der Waals surface area contributed by atoms with E-state index in [4.69, 9.17) is 10.5 Å². The highest BCUT2D eigenvalue weighted by Crippen LogP contribution is 2.27. The zero-order valence-corrected chi connectivity index (χ0v) is 11.8. The standard InChI is InChI=1S/C15H22N2O3/c1-20-11-5-6-13(16)12(9-11)14(18)17-10-15(19)7-3-2-4-8-15/h5-6,9,19H,2-4,7-8,10,16H2,1H3,(H,17,18). The Balaban J connectivity index is 2.01. The second-order valence-electron chi connectivity index (χ2n) is 5.42. The number of carbonyl (C=O) groups excluding carboxylic acids is 1. The summed E-state index contributed by atoms with van der Waals surface area (Å²) in [6.07, 6.45) is 4.64. The lowest BCUT2D eigenvalue weighted by atomic mass is 9.85. The van der Waals surface area contributed by atoms with Gasteiger partial charge in [-0.1, -0.05) is 19.3 Å². The Morgan fingerprint density at radius 3 is 2.75 bits per heavy atom. The van der Waals surface area contributed by atoms with Crippen LogP contribution in [0.15, 0.2) is 18.2 Å². The van der Waals surface area contributed by atoms with Gasteiger partial charge in [-0.25, -0.2) is 0 Å². The minimum atomic E-state index is -0.776. The zero-order chi connectivity index (χ0) is 14.6. The minimum Gasteiger partial charge on any atom is -0.497 e. The van der Waals surface area contributed by atoms with Crippen molar-refractivity contribution >= 4 is 11.6 Å². The number of methoxy groups -OCH3 is 1. The molecule has 0 spiro atoms. The van der Waals surface area contributed by atoms with Gasteiger partial charge < -0.3 is 20.9 Å². The van der Waals surface area contributed by atoms with Crippen LogP contribution in [0, 0.1) is 0 Å². The lowest BCUT2D eigenvalue weighted by Gasteiger charge is -2.32. The van der Waals surface area contributed by atoms with Crippen molar-refractivity contribution in [1.82, 2.24) is 5.32 Å². The number of ether oxygens (including phenoxy) is 1. The zero-order valence-electron chi connectivity index (χ0n) is 11.8. The van der Waals surface area contributed by atoms with Crippen LogP contribution in [0.3, 0.4) is 0 Å². The van der Waals surface area contributed by atoms with E-state index >= 15 is 0 Å². The van der Waals surface area contributed by atoms with Gasteiger partial charge in [0.2, 0.25) is 0 Å². The van der Waals surface area contributed by atoms with E-state index in [2.05, 4.69) is 5.32 Å². The Morgan fingerprint density at radius 1 is 1.40 bits per heavy atom. The summed E-state index contributed by atoms with van der Waals surface area (Å²) in [5, 5.41) is 13.1. The van der Waals surface area contributed by atoms with Gasteiger partial charge in [0.05, 0.1) is 18.3 Å². The van der Waals surface area contributed by atoms with E-state index in [-0.39, 0.29) is 12.5 Å². The van der Waals surface area contributed by atoms with Gasteiger partial charge in [0, 0.05) is 12.2 Å². The van der Waals surface area contributed by atoms with Crippen molar-refractivity contribution in [3.05, 3.63) is 23.8 Å². The molecular weight excluding hydrogens is 256 g/mol. The predicted molar refractivity (Wildman–Crippen MR) is 77.8 cm³/mol. The first-order valence-electron chi connectivity index (χ1n) is 6.98. The first kappa shape index (κ1) is 14.7. The first-order chi connectivity index (χ1) is 9.54. The lowest BCUT2D eigenvalue weighted by Crippen LogP contribution is -2.44. The van der Waals surface area contributed by atoms with Crippen molar-refractivity contribution in [2.45, 2.75) is 37.7 Å². The molecule has 0 saturated heterocycles. The van der Waals surface area contributed by atoms with Crippen LogP contribution in [0.2, 0.25) is 0 Å². The molecule has 1 saturated carbocycles. The maximum atomic E-state index is 12.2. The third-order valence-electron chi connectivity index (χ3n) is 3.87. The molecule has 2 rings (SSSR count). The quantitative estimate of drug-likeness (QED) is 0.732. The molecule has 4 N–H and O–H groups in total. The maximum absolute atomic E-state index is 12.2. The summed E-state index contributed by atoms with van der Waals surface area (Å²) >= 11 is 0. The van der Waals surface area contributed by atoms with Gasteiger partial charge in [-0.05, 0) is 31.0 Å². The van der Waals surface area contributed by atoms with Crippen molar-refractivity contribution in [2.75, 3.05) is 19.4 Å². The monoisotopic (exact) mass is 278 g/mol. The van der Waals surface area contributed by atoms with Gasteiger partial charge in [0.25, 0.3) is 5.91 Å². The van der Waals surface area contributed by atoms with Crippen LogP contribution in [0.5, 0.6) is 5.75 Å². The molecule has 1 amide bonds. The Hall–Kier alpha value is -1.75. The number of anilines is 1. The molecule has 0 aliphatic heterocycles.